The minimum Gasteiger partial charge on any atom is -0.371 e. The normalized spacial score (nSPS) is 11.0. The Morgan fingerprint density at radius 1 is 1.29 bits per heavy atom. The van der Waals surface area contributed by atoms with Crippen LogP contribution in [-0.2, 0) is 9.84 Å². The number of aromatic nitrogens is 3. The van der Waals surface area contributed by atoms with E-state index in [4.69, 9.17) is 0 Å². The number of nitrogens with zero attached hydrogens (tertiary/aromatic N) is 3. The quantitative estimate of drug-likeness (QED) is 0.717. The first-order valence-electron chi connectivity index (χ1n) is 4.83. The fraction of sp³-hybridized carbons (Fsp3) is 0.500. The lowest BCUT2D eigenvalue weighted by molar-refractivity contribution is 0.0957. The zero-order valence-electron chi connectivity index (χ0n) is 9.68. The van der Waals surface area contributed by atoms with E-state index in [1.54, 1.807) is 0 Å². The third-order valence-corrected chi connectivity index (χ3v) is 3.49. The van der Waals surface area contributed by atoms with E-state index in [0.717, 1.165) is 0 Å². The summed E-state index contributed by atoms with van der Waals surface area (Å²) in [6.45, 7) is 1.48. The first kappa shape index (κ1) is 13.3. The monoisotopic (exact) mass is 259 g/mol. The molecular formula is C8H13N5O3S. The van der Waals surface area contributed by atoms with Crippen LogP contribution < -0.4 is 10.6 Å². The highest BCUT2D eigenvalue weighted by atomic mass is 32.2. The Morgan fingerprint density at radius 3 is 2.41 bits per heavy atom. The van der Waals surface area contributed by atoms with Crippen molar-refractivity contribution in [1.29, 1.82) is 0 Å². The number of carbonyl (C=O) groups is 1. The molecule has 0 saturated carbocycles. The largest absolute Gasteiger partial charge is 0.371 e. The van der Waals surface area contributed by atoms with Crippen molar-refractivity contribution in [2.24, 2.45) is 0 Å². The van der Waals surface area contributed by atoms with Gasteiger partial charge in [0, 0.05) is 14.1 Å². The SMILES string of the molecule is CCS(=O)(=O)c1nnc(C(=O)NC)c(NC)n1. The van der Waals surface area contributed by atoms with Crippen LogP contribution in [0.5, 0.6) is 0 Å². The van der Waals surface area contributed by atoms with E-state index in [1.807, 2.05) is 0 Å². The molecule has 0 saturated heterocycles. The van der Waals surface area contributed by atoms with E-state index in [-0.39, 0.29) is 17.3 Å². The molecule has 0 fully saturated rings. The Balaban J connectivity index is 3.32. The Morgan fingerprint density at radius 2 is 1.94 bits per heavy atom. The van der Waals surface area contributed by atoms with E-state index in [0.29, 0.717) is 0 Å². The number of hydrogen-bond donors (Lipinski definition) is 2. The van der Waals surface area contributed by atoms with Crippen molar-refractivity contribution in [2.45, 2.75) is 12.1 Å². The summed E-state index contributed by atoms with van der Waals surface area (Å²) in [6.07, 6.45) is 0. The van der Waals surface area contributed by atoms with Gasteiger partial charge in [0.2, 0.25) is 9.84 Å². The summed E-state index contributed by atoms with van der Waals surface area (Å²) in [4.78, 5) is 15.1. The molecule has 0 spiro atoms. The third kappa shape index (κ3) is 2.67. The second kappa shape index (κ2) is 5.04. The van der Waals surface area contributed by atoms with Crippen molar-refractivity contribution >= 4 is 21.6 Å². The predicted molar refractivity (Wildman–Crippen MR) is 60.5 cm³/mol. The van der Waals surface area contributed by atoms with Crippen LogP contribution in [0.25, 0.3) is 0 Å². The number of anilines is 1. The highest BCUT2D eigenvalue weighted by Crippen LogP contribution is 2.11. The van der Waals surface area contributed by atoms with Crippen molar-refractivity contribution in [3.05, 3.63) is 5.69 Å². The van der Waals surface area contributed by atoms with E-state index in [9.17, 15) is 13.2 Å². The molecule has 1 rings (SSSR count). The molecular weight excluding hydrogens is 246 g/mol. The summed E-state index contributed by atoms with van der Waals surface area (Å²) >= 11 is 0. The predicted octanol–water partition coefficient (Wildman–Crippen LogP) is -0.933. The van der Waals surface area contributed by atoms with Crippen LogP contribution in [0.2, 0.25) is 0 Å². The van der Waals surface area contributed by atoms with Crippen LogP contribution in [0.4, 0.5) is 5.82 Å². The summed E-state index contributed by atoms with van der Waals surface area (Å²) in [5, 5.41) is 11.6. The summed E-state index contributed by atoms with van der Waals surface area (Å²) in [5.41, 5.74) is -0.0509. The van der Waals surface area contributed by atoms with Gasteiger partial charge in [-0.2, -0.15) is 4.98 Å². The molecule has 2 N–H and O–H groups in total. The fourth-order valence-electron chi connectivity index (χ4n) is 1.02. The number of carbonyl (C=O) groups excluding carboxylic acids is 1. The Kier molecular flexibility index (Phi) is 3.94. The highest BCUT2D eigenvalue weighted by Gasteiger charge is 2.21. The Hall–Kier alpha value is -1.77. The van der Waals surface area contributed by atoms with Gasteiger partial charge in [-0.3, -0.25) is 4.79 Å². The minimum absolute atomic E-state index is 0.0509. The van der Waals surface area contributed by atoms with Crippen molar-refractivity contribution in [1.82, 2.24) is 20.5 Å². The Bertz CT molecular complexity index is 528. The van der Waals surface area contributed by atoms with Gasteiger partial charge in [-0.05, 0) is 0 Å². The van der Waals surface area contributed by atoms with E-state index >= 15 is 0 Å². The van der Waals surface area contributed by atoms with Gasteiger partial charge in [-0.15, -0.1) is 10.2 Å². The molecule has 1 heterocycles. The molecule has 9 heteroatoms. The lowest BCUT2D eigenvalue weighted by atomic mass is 10.4. The first-order valence-corrected chi connectivity index (χ1v) is 6.48. The summed E-state index contributed by atoms with van der Waals surface area (Å²) < 4.78 is 23.1. The molecule has 17 heavy (non-hydrogen) atoms. The average Bonchev–Trinajstić information content (AvgIpc) is 2.36. The lowest BCUT2D eigenvalue weighted by Gasteiger charge is -2.06. The minimum atomic E-state index is -3.54. The molecule has 8 nitrogen and oxygen atoms in total. The third-order valence-electron chi connectivity index (χ3n) is 2.00. The van der Waals surface area contributed by atoms with Crippen LogP contribution in [0.15, 0.2) is 5.16 Å². The van der Waals surface area contributed by atoms with Gasteiger partial charge in [-0.1, -0.05) is 6.92 Å². The molecule has 0 radical (unpaired) electrons. The number of rotatable bonds is 4. The smallest absolute Gasteiger partial charge is 0.275 e. The van der Waals surface area contributed by atoms with Crippen molar-refractivity contribution < 1.29 is 13.2 Å². The van der Waals surface area contributed by atoms with Crippen molar-refractivity contribution in [3.63, 3.8) is 0 Å². The first-order chi connectivity index (χ1) is 7.96. The number of hydrogen-bond acceptors (Lipinski definition) is 7. The van der Waals surface area contributed by atoms with Gasteiger partial charge in [0.1, 0.15) is 0 Å². The van der Waals surface area contributed by atoms with Crippen LogP contribution in [0.1, 0.15) is 17.4 Å². The van der Waals surface area contributed by atoms with Gasteiger partial charge in [0.25, 0.3) is 11.1 Å². The number of nitrogens with one attached hydrogen (secondary N) is 2. The molecule has 94 valence electrons. The van der Waals surface area contributed by atoms with E-state index in [2.05, 4.69) is 25.8 Å². The maximum Gasteiger partial charge on any atom is 0.275 e. The van der Waals surface area contributed by atoms with Crippen molar-refractivity contribution in [3.8, 4) is 0 Å². The second-order valence-corrected chi connectivity index (χ2v) is 5.20. The molecule has 0 aliphatic carbocycles. The summed E-state index contributed by atoms with van der Waals surface area (Å²) in [6, 6.07) is 0. The molecule has 0 aliphatic heterocycles. The molecule has 0 unspecified atom stereocenters. The molecule has 1 amide bonds. The zero-order chi connectivity index (χ0) is 13.1. The maximum atomic E-state index is 11.5. The van der Waals surface area contributed by atoms with Crippen LogP contribution in [0, 0.1) is 0 Å². The van der Waals surface area contributed by atoms with Gasteiger partial charge in [-0.25, -0.2) is 8.42 Å². The van der Waals surface area contributed by atoms with Gasteiger partial charge in [0.15, 0.2) is 11.5 Å². The van der Waals surface area contributed by atoms with Crippen molar-refractivity contribution in [2.75, 3.05) is 25.2 Å². The average molecular weight is 259 g/mol. The van der Waals surface area contributed by atoms with E-state index < -0.39 is 20.9 Å². The van der Waals surface area contributed by atoms with Crippen LogP contribution >= 0.6 is 0 Å². The Labute approximate surface area is 98.8 Å². The van der Waals surface area contributed by atoms with Crippen LogP contribution in [-0.4, -0.2) is 49.4 Å². The van der Waals surface area contributed by atoms with E-state index in [1.165, 1.54) is 21.0 Å². The fourth-order valence-corrected chi connectivity index (χ4v) is 1.67. The molecule has 0 aliphatic rings. The van der Waals surface area contributed by atoms with Gasteiger partial charge >= 0.3 is 0 Å². The van der Waals surface area contributed by atoms with Crippen LogP contribution in [0.3, 0.4) is 0 Å². The summed E-state index contributed by atoms with van der Waals surface area (Å²) in [7, 11) is -0.593. The molecule has 0 bridgehead atoms. The zero-order valence-corrected chi connectivity index (χ0v) is 10.5. The maximum absolute atomic E-state index is 11.5. The molecule has 1 aromatic rings. The molecule has 0 atom stereocenters. The molecule has 0 aromatic carbocycles. The van der Waals surface area contributed by atoms with Gasteiger partial charge in [0.05, 0.1) is 5.75 Å². The topological polar surface area (TPSA) is 114 Å². The second-order valence-electron chi connectivity index (χ2n) is 3.02. The molecule has 1 aromatic heterocycles. The number of sulfone groups is 1. The lowest BCUT2D eigenvalue weighted by Crippen LogP contribution is -2.23. The summed E-state index contributed by atoms with van der Waals surface area (Å²) in [5.74, 6) is -0.543. The highest BCUT2D eigenvalue weighted by molar-refractivity contribution is 7.91. The standard InChI is InChI=1S/C8H13N5O3S/c1-4-17(15,16)8-11-6(9-2)5(12-13-8)7(14)10-3/h4H2,1-3H3,(H,10,14)(H,9,11,13). The number of amides is 1. The van der Waals surface area contributed by atoms with Gasteiger partial charge < -0.3 is 10.6 Å².